The highest BCUT2D eigenvalue weighted by Crippen LogP contribution is 2.43. The van der Waals surface area contributed by atoms with Gasteiger partial charge in [0.15, 0.2) is 6.04 Å². The number of esters is 2. The summed E-state index contributed by atoms with van der Waals surface area (Å²) in [4.78, 5) is 52.4. The number of alkyl carbamates (subject to hydrolysis) is 1. The van der Waals surface area contributed by atoms with E-state index < -0.39 is 57.6 Å². The Labute approximate surface area is 280 Å². The van der Waals surface area contributed by atoms with Gasteiger partial charge in [0, 0.05) is 17.4 Å². The lowest BCUT2D eigenvalue weighted by Crippen LogP contribution is -2.55. The molecule has 0 saturated heterocycles. The van der Waals surface area contributed by atoms with Crippen LogP contribution in [0, 0.1) is 0 Å². The van der Waals surface area contributed by atoms with Gasteiger partial charge < -0.3 is 33.7 Å². The van der Waals surface area contributed by atoms with E-state index in [0.717, 1.165) is 11.8 Å². The highest BCUT2D eigenvalue weighted by atomic mass is 32.2. The highest BCUT2D eigenvalue weighted by Gasteiger charge is 2.42. The zero-order valence-corrected chi connectivity index (χ0v) is 32.8. The topological polar surface area (TPSA) is 138 Å². The van der Waals surface area contributed by atoms with Crippen molar-refractivity contribution in [2.24, 2.45) is 0 Å². The fourth-order valence-corrected chi connectivity index (χ4v) is 6.99. The Balaban J connectivity index is 2.80. The molecule has 0 bridgehead atoms. The van der Waals surface area contributed by atoms with E-state index >= 15 is 0 Å². The van der Waals surface area contributed by atoms with Gasteiger partial charge in [-0.25, -0.2) is 14.4 Å². The number of rotatable bonds is 6. The Hall–Kier alpha value is -2.72. The predicted molar refractivity (Wildman–Crippen MR) is 185 cm³/mol. The van der Waals surface area contributed by atoms with Crippen LogP contribution in [0.3, 0.4) is 0 Å². The van der Waals surface area contributed by atoms with Gasteiger partial charge in [0.1, 0.15) is 29.1 Å². The Morgan fingerprint density at radius 2 is 1.50 bits per heavy atom. The molecule has 1 unspecified atom stereocenters. The first kappa shape index (κ1) is 39.5. The quantitative estimate of drug-likeness (QED) is 0.186. The maximum atomic E-state index is 13.7. The van der Waals surface area contributed by atoms with Crippen LogP contribution in [0.1, 0.15) is 84.7 Å². The van der Waals surface area contributed by atoms with Gasteiger partial charge in [-0.3, -0.25) is 4.79 Å². The van der Waals surface area contributed by atoms with E-state index in [2.05, 4.69) is 78.4 Å². The molecular weight excluding hydrogens is 645 g/mol. The lowest BCUT2D eigenvalue weighted by Gasteiger charge is -2.39. The Kier molecular flexibility index (Phi) is 12.5. The summed E-state index contributed by atoms with van der Waals surface area (Å²) in [5, 5.41) is 4.04. The summed E-state index contributed by atoms with van der Waals surface area (Å²) in [6.07, 6.45) is -0.998. The number of carbonyl (C=O) groups excluding carboxylic acids is 4. The number of nitrogens with one attached hydrogen (secondary N) is 2. The number of cyclic esters (lactones) is 1. The monoisotopic (exact) mass is 698 g/mol. The number of thioether (sulfide) groups is 1. The Bertz CT molecular complexity index is 1300. The van der Waals surface area contributed by atoms with Crippen molar-refractivity contribution in [2.45, 2.75) is 128 Å². The van der Waals surface area contributed by atoms with Crippen LogP contribution < -0.4 is 19.5 Å². The molecule has 1 heterocycles. The minimum absolute atomic E-state index is 0.0958. The molecular formula is C32H54N2O9SSi2. The predicted octanol–water partition coefficient (Wildman–Crippen LogP) is 6.76. The van der Waals surface area contributed by atoms with Gasteiger partial charge in [-0.05, 0) is 63.1 Å². The number of carbonyl (C=O) groups is 4. The first-order chi connectivity index (χ1) is 20.8. The molecule has 1 aliphatic heterocycles. The molecule has 1 aromatic rings. The molecule has 2 rings (SSSR count). The van der Waals surface area contributed by atoms with Crippen LogP contribution in [0.25, 0.3) is 0 Å². The van der Waals surface area contributed by atoms with Crippen LogP contribution >= 0.6 is 11.8 Å². The first-order valence-corrected chi connectivity index (χ1v) is 22.3. The lowest BCUT2D eigenvalue weighted by atomic mass is 10.1. The van der Waals surface area contributed by atoms with Gasteiger partial charge in [0.2, 0.25) is 22.5 Å². The third-order valence-electron chi connectivity index (χ3n) is 8.46. The van der Waals surface area contributed by atoms with Gasteiger partial charge in [0.05, 0.1) is 19.1 Å². The fourth-order valence-electron chi connectivity index (χ4n) is 3.74. The minimum Gasteiger partial charge on any atom is -0.543 e. The van der Waals surface area contributed by atoms with Gasteiger partial charge in [-0.15, -0.1) is 11.8 Å². The number of hydrogen-bond donors (Lipinski definition) is 2. The summed E-state index contributed by atoms with van der Waals surface area (Å²) >= 11 is 1.13. The molecule has 0 spiro atoms. The lowest BCUT2D eigenvalue weighted by molar-refractivity contribution is -0.145. The van der Waals surface area contributed by atoms with Crippen molar-refractivity contribution >= 4 is 52.3 Å². The van der Waals surface area contributed by atoms with Gasteiger partial charge in [0.25, 0.3) is 0 Å². The summed E-state index contributed by atoms with van der Waals surface area (Å²) in [6.45, 7) is 26.1. The van der Waals surface area contributed by atoms with E-state index in [1.54, 1.807) is 26.8 Å². The molecule has 0 aliphatic carbocycles. The standard InChI is InChI=1S/C32H54N2O9SSi2/c1-30(2,3)41-29(38)34-26-25(28(37)39-10)33-24(35)15-16-40-27(36)21-17-20(42-45(11,12)31(4,5)6)18-23(22(21)19-44-26)43-46(13,14)32(7,8)9/h17-18,25-26H,15-16,19H2,1-14H3,(H,33,35)(H,34,38)/t25-,26?/m0/s1. The largest absolute Gasteiger partial charge is 0.543 e. The van der Waals surface area contributed by atoms with Crippen molar-refractivity contribution in [2.75, 3.05) is 13.7 Å². The zero-order valence-electron chi connectivity index (χ0n) is 30.0. The molecule has 0 fully saturated rings. The maximum absolute atomic E-state index is 13.7. The highest BCUT2D eigenvalue weighted by molar-refractivity contribution is 7.99. The second-order valence-electron chi connectivity index (χ2n) is 15.5. The van der Waals surface area contributed by atoms with Crippen LogP contribution in [0.4, 0.5) is 4.79 Å². The summed E-state index contributed by atoms with van der Waals surface area (Å²) in [7, 11) is -3.60. The molecule has 2 N–H and O–H groups in total. The van der Waals surface area contributed by atoms with Crippen molar-refractivity contribution in [3.63, 3.8) is 0 Å². The Morgan fingerprint density at radius 1 is 0.935 bits per heavy atom. The summed E-state index contributed by atoms with van der Waals surface area (Å²) in [5.74, 6) is -0.898. The van der Waals surface area contributed by atoms with E-state index in [0.29, 0.717) is 17.1 Å². The number of benzene rings is 1. The molecule has 2 amide bonds. The van der Waals surface area contributed by atoms with Crippen molar-refractivity contribution in [3.8, 4) is 11.5 Å². The molecule has 46 heavy (non-hydrogen) atoms. The van der Waals surface area contributed by atoms with E-state index in [9.17, 15) is 19.2 Å². The third kappa shape index (κ3) is 10.7. The number of amides is 2. The van der Waals surface area contributed by atoms with E-state index in [-0.39, 0.29) is 34.4 Å². The van der Waals surface area contributed by atoms with E-state index in [1.807, 2.05) is 6.07 Å². The Morgan fingerprint density at radius 3 is 2.02 bits per heavy atom. The SMILES string of the molecule is COC(=O)[C@H]1NC(=O)CCOC(=O)c2cc(O[Si](C)(C)C(C)(C)C)cc(O[Si](C)(C)C(C)(C)C)c2CSC1NC(=O)OC(C)(C)C. The maximum Gasteiger partial charge on any atom is 0.408 e. The summed E-state index contributed by atoms with van der Waals surface area (Å²) in [6, 6.07) is 2.23. The first-order valence-electron chi connectivity index (χ1n) is 15.5. The molecule has 1 aromatic carbocycles. The van der Waals surface area contributed by atoms with Crippen LogP contribution in [0.2, 0.25) is 36.3 Å². The fraction of sp³-hybridized carbons (Fsp3) is 0.688. The normalized spacial score (nSPS) is 18.9. The van der Waals surface area contributed by atoms with Gasteiger partial charge in [-0.2, -0.15) is 0 Å². The molecule has 14 heteroatoms. The smallest absolute Gasteiger partial charge is 0.408 e. The van der Waals surface area contributed by atoms with Crippen molar-refractivity contribution in [3.05, 3.63) is 23.3 Å². The second-order valence-corrected chi connectivity index (χ2v) is 26.1. The molecule has 260 valence electrons. The average Bonchev–Trinajstić information content (AvgIpc) is 2.86. The number of methoxy groups -OCH3 is 1. The number of ether oxygens (including phenoxy) is 3. The van der Waals surface area contributed by atoms with Crippen molar-refractivity contribution < 1.29 is 42.2 Å². The van der Waals surface area contributed by atoms with Crippen LogP contribution in [0.15, 0.2) is 12.1 Å². The molecule has 0 aromatic heterocycles. The second kappa shape index (κ2) is 14.6. The molecule has 0 radical (unpaired) electrons. The van der Waals surface area contributed by atoms with Crippen LogP contribution in [-0.2, 0) is 29.6 Å². The van der Waals surface area contributed by atoms with Gasteiger partial charge in [-0.1, -0.05) is 41.5 Å². The zero-order chi connectivity index (χ0) is 35.5. The van der Waals surface area contributed by atoms with Crippen LogP contribution in [0.5, 0.6) is 11.5 Å². The minimum atomic E-state index is -2.46. The molecule has 1 aliphatic rings. The van der Waals surface area contributed by atoms with Crippen molar-refractivity contribution in [1.82, 2.24) is 10.6 Å². The summed E-state index contributed by atoms with van der Waals surface area (Å²) in [5.41, 5.74) is -0.0662. The van der Waals surface area contributed by atoms with Gasteiger partial charge >= 0.3 is 18.0 Å². The number of hydrogen-bond acceptors (Lipinski definition) is 10. The molecule has 2 atom stereocenters. The summed E-state index contributed by atoms with van der Waals surface area (Å²) < 4.78 is 29.6. The average molecular weight is 699 g/mol. The third-order valence-corrected chi connectivity index (χ3v) is 18.4. The number of fused-ring (bicyclic) bond motifs is 1. The molecule has 11 nitrogen and oxygen atoms in total. The van der Waals surface area contributed by atoms with Crippen LogP contribution in [-0.4, -0.2) is 71.3 Å². The molecule has 0 saturated carbocycles. The van der Waals surface area contributed by atoms with E-state index in [1.165, 1.54) is 7.11 Å². The van der Waals surface area contributed by atoms with Crippen molar-refractivity contribution in [1.29, 1.82) is 0 Å². The van der Waals surface area contributed by atoms with E-state index in [4.69, 9.17) is 23.1 Å².